The molecule has 0 radical (unpaired) electrons. The van der Waals surface area contributed by atoms with Crippen LogP contribution in [0.1, 0.15) is 55.0 Å². The van der Waals surface area contributed by atoms with Gasteiger partial charge in [-0.25, -0.2) is 4.79 Å². The Hall–Kier alpha value is -0.940. The van der Waals surface area contributed by atoms with Gasteiger partial charge in [-0.1, -0.05) is 12.8 Å². The van der Waals surface area contributed by atoms with Crippen LogP contribution in [0, 0.1) is 0 Å². The Morgan fingerprint density at radius 3 is 2.90 bits per heavy atom. The SMILES string of the molecule is COC(=O)c1ccc(C(C)NC2CCCCC2SC)o1. The molecule has 1 saturated carbocycles. The van der Waals surface area contributed by atoms with E-state index in [9.17, 15) is 4.79 Å². The Morgan fingerprint density at radius 1 is 1.45 bits per heavy atom. The number of carbonyl (C=O) groups excluding carboxylic acids is 1. The summed E-state index contributed by atoms with van der Waals surface area (Å²) in [5.74, 6) is 0.625. The van der Waals surface area contributed by atoms with Crippen molar-refractivity contribution in [1.29, 1.82) is 0 Å². The number of esters is 1. The van der Waals surface area contributed by atoms with Crippen LogP contribution >= 0.6 is 11.8 Å². The summed E-state index contributed by atoms with van der Waals surface area (Å²) < 4.78 is 10.2. The molecule has 1 heterocycles. The number of nitrogens with one attached hydrogen (secondary N) is 1. The molecule has 0 bridgehead atoms. The molecule has 3 unspecified atom stereocenters. The highest BCUT2D eigenvalue weighted by Crippen LogP contribution is 2.29. The molecule has 1 aromatic rings. The quantitative estimate of drug-likeness (QED) is 0.844. The van der Waals surface area contributed by atoms with Crippen molar-refractivity contribution in [2.45, 2.75) is 49.9 Å². The van der Waals surface area contributed by atoms with Crippen molar-refractivity contribution < 1.29 is 13.9 Å². The fraction of sp³-hybridized carbons (Fsp3) is 0.667. The molecular weight excluding hydrogens is 274 g/mol. The van der Waals surface area contributed by atoms with Crippen LogP contribution in [0.15, 0.2) is 16.5 Å². The molecule has 1 aliphatic rings. The molecule has 1 fully saturated rings. The van der Waals surface area contributed by atoms with Crippen LogP contribution in [0.4, 0.5) is 0 Å². The van der Waals surface area contributed by atoms with Crippen LogP contribution in [-0.4, -0.2) is 30.6 Å². The minimum atomic E-state index is -0.428. The van der Waals surface area contributed by atoms with Gasteiger partial charge in [-0.05, 0) is 38.2 Å². The summed E-state index contributed by atoms with van der Waals surface area (Å²) in [6, 6.07) is 4.14. The van der Waals surface area contributed by atoms with Crippen LogP contribution in [0.5, 0.6) is 0 Å². The van der Waals surface area contributed by atoms with Crippen molar-refractivity contribution in [3.8, 4) is 0 Å². The molecule has 3 atom stereocenters. The summed E-state index contributed by atoms with van der Waals surface area (Å²) >= 11 is 1.94. The molecule has 0 aliphatic heterocycles. The van der Waals surface area contributed by atoms with Gasteiger partial charge in [0.15, 0.2) is 0 Å². The van der Waals surface area contributed by atoms with Gasteiger partial charge in [-0.2, -0.15) is 11.8 Å². The summed E-state index contributed by atoms with van der Waals surface area (Å²) in [7, 11) is 1.36. The van der Waals surface area contributed by atoms with E-state index >= 15 is 0 Å². The molecule has 5 heteroatoms. The van der Waals surface area contributed by atoms with Gasteiger partial charge < -0.3 is 14.5 Å². The lowest BCUT2D eigenvalue weighted by atomic mass is 9.94. The Morgan fingerprint density at radius 2 is 2.20 bits per heavy atom. The van der Waals surface area contributed by atoms with Crippen molar-refractivity contribution in [2.24, 2.45) is 0 Å². The number of carbonyl (C=O) groups is 1. The molecule has 1 N–H and O–H groups in total. The molecule has 0 aromatic carbocycles. The molecule has 0 spiro atoms. The van der Waals surface area contributed by atoms with Crippen molar-refractivity contribution in [3.05, 3.63) is 23.7 Å². The highest BCUT2D eigenvalue weighted by Gasteiger charge is 2.26. The average molecular weight is 297 g/mol. The number of methoxy groups -OCH3 is 1. The Labute approximate surface area is 124 Å². The van der Waals surface area contributed by atoms with E-state index in [2.05, 4.69) is 23.2 Å². The molecule has 20 heavy (non-hydrogen) atoms. The minimum absolute atomic E-state index is 0.103. The highest BCUT2D eigenvalue weighted by molar-refractivity contribution is 7.99. The number of furan rings is 1. The van der Waals surface area contributed by atoms with Crippen molar-refractivity contribution in [1.82, 2.24) is 5.32 Å². The van der Waals surface area contributed by atoms with Crippen molar-refractivity contribution >= 4 is 17.7 Å². The van der Waals surface area contributed by atoms with E-state index in [1.807, 2.05) is 17.8 Å². The van der Waals surface area contributed by atoms with Gasteiger partial charge in [-0.3, -0.25) is 0 Å². The number of rotatable bonds is 5. The third-order valence-corrected chi connectivity index (χ3v) is 5.08. The topological polar surface area (TPSA) is 51.5 Å². The maximum Gasteiger partial charge on any atom is 0.373 e. The van der Waals surface area contributed by atoms with Crippen molar-refractivity contribution in [3.63, 3.8) is 0 Å². The molecular formula is C15H23NO3S. The highest BCUT2D eigenvalue weighted by atomic mass is 32.2. The average Bonchev–Trinajstić information content (AvgIpc) is 2.97. The molecule has 112 valence electrons. The van der Waals surface area contributed by atoms with Gasteiger partial charge in [0.1, 0.15) is 5.76 Å². The normalized spacial score (nSPS) is 24.4. The lowest BCUT2D eigenvalue weighted by Gasteiger charge is -2.32. The summed E-state index contributed by atoms with van der Waals surface area (Å²) in [5.41, 5.74) is 0. The second kappa shape index (κ2) is 7.18. The first kappa shape index (κ1) is 15.4. The van der Waals surface area contributed by atoms with Crippen LogP contribution in [0.3, 0.4) is 0 Å². The molecule has 2 rings (SSSR count). The Kier molecular flexibility index (Phi) is 5.54. The van der Waals surface area contributed by atoms with E-state index in [-0.39, 0.29) is 11.8 Å². The molecule has 4 nitrogen and oxygen atoms in total. The predicted octanol–water partition coefficient (Wildman–Crippen LogP) is 3.39. The van der Waals surface area contributed by atoms with Crippen LogP contribution in [-0.2, 0) is 4.74 Å². The number of hydrogen-bond acceptors (Lipinski definition) is 5. The first-order valence-corrected chi connectivity index (χ1v) is 8.41. The summed E-state index contributed by atoms with van der Waals surface area (Å²) in [6.45, 7) is 2.08. The van der Waals surface area contributed by atoms with Crippen LogP contribution in [0.25, 0.3) is 0 Å². The van der Waals surface area contributed by atoms with Gasteiger partial charge in [0.05, 0.1) is 13.2 Å². The van der Waals surface area contributed by atoms with E-state index in [1.54, 1.807) is 6.07 Å². The van der Waals surface area contributed by atoms with Gasteiger partial charge >= 0.3 is 5.97 Å². The Bertz CT molecular complexity index is 446. The predicted molar refractivity (Wildman–Crippen MR) is 81.2 cm³/mol. The summed E-state index contributed by atoms with van der Waals surface area (Å²) in [6.07, 6.45) is 7.27. The second-order valence-electron chi connectivity index (χ2n) is 5.25. The second-order valence-corrected chi connectivity index (χ2v) is 6.32. The first-order chi connectivity index (χ1) is 9.65. The fourth-order valence-corrected chi connectivity index (χ4v) is 3.71. The fourth-order valence-electron chi connectivity index (χ4n) is 2.77. The van der Waals surface area contributed by atoms with Gasteiger partial charge in [-0.15, -0.1) is 0 Å². The van der Waals surface area contributed by atoms with E-state index in [0.29, 0.717) is 11.3 Å². The zero-order valence-corrected chi connectivity index (χ0v) is 13.2. The van der Waals surface area contributed by atoms with Gasteiger partial charge in [0, 0.05) is 11.3 Å². The number of thioether (sulfide) groups is 1. The van der Waals surface area contributed by atoms with Crippen LogP contribution < -0.4 is 5.32 Å². The molecule has 0 amide bonds. The Balaban J connectivity index is 1.98. The maximum absolute atomic E-state index is 11.4. The van der Waals surface area contributed by atoms with Crippen molar-refractivity contribution in [2.75, 3.05) is 13.4 Å². The van der Waals surface area contributed by atoms with E-state index < -0.39 is 5.97 Å². The zero-order chi connectivity index (χ0) is 14.5. The summed E-state index contributed by atoms with van der Waals surface area (Å²) in [5, 5.41) is 4.31. The maximum atomic E-state index is 11.4. The van der Waals surface area contributed by atoms with E-state index in [4.69, 9.17) is 4.42 Å². The minimum Gasteiger partial charge on any atom is -0.463 e. The smallest absolute Gasteiger partial charge is 0.373 e. The third kappa shape index (κ3) is 3.58. The first-order valence-electron chi connectivity index (χ1n) is 7.12. The number of hydrogen-bond donors (Lipinski definition) is 1. The lowest BCUT2D eigenvalue weighted by Crippen LogP contribution is -2.41. The zero-order valence-electron chi connectivity index (χ0n) is 12.3. The number of ether oxygens (including phenoxy) is 1. The molecule has 0 saturated heterocycles. The summed E-state index contributed by atoms with van der Waals surface area (Å²) in [4.78, 5) is 11.4. The van der Waals surface area contributed by atoms with E-state index in [0.717, 1.165) is 5.76 Å². The molecule has 1 aliphatic carbocycles. The third-order valence-electron chi connectivity index (χ3n) is 3.91. The standard InChI is InChI=1S/C15H23NO3S/c1-10(12-8-9-13(19-12)15(17)18-2)16-11-6-4-5-7-14(11)20-3/h8-11,14,16H,4-7H2,1-3H3. The van der Waals surface area contributed by atoms with Gasteiger partial charge in [0.2, 0.25) is 5.76 Å². The molecule has 1 aromatic heterocycles. The monoisotopic (exact) mass is 297 g/mol. The lowest BCUT2D eigenvalue weighted by molar-refractivity contribution is 0.0562. The van der Waals surface area contributed by atoms with E-state index in [1.165, 1.54) is 32.8 Å². The van der Waals surface area contributed by atoms with Gasteiger partial charge in [0.25, 0.3) is 0 Å². The largest absolute Gasteiger partial charge is 0.463 e. The van der Waals surface area contributed by atoms with Crippen LogP contribution in [0.2, 0.25) is 0 Å².